The van der Waals surface area contributed by atoms with Crippen LogP contribution in [0.3, 0.4) is 0 Å². The van der Waals surface area contributed by atoms with Gasteiger partial charge >= 0.3 is 0 Å². The van der Waals surface area contributed by atoms with Gasteiger partial charge < -0.3 is 14.3 Å². The molecule has 1 fully saturated rings. The van der Waals surface area contributed by atoms with Crippen LogP contribution in [0.15, 0.2) is 16.9 Å². The summed E-state index contributed by atoms with van der Waals surface area (Å²) >= 11 is 0. The van der Waals surface area contributed by atoms with E-state index in [-0.39, 0.29) is 16.9 Å². The number of aliphatic hydroxyl groups excluding tert-OH is 1. The number of hydrogen-bond acceptors (Lipinski definition) is 3. The van der Waals surface area contributed by atoms with Crippen LogP contribution < -0.4 is 0 Å². The van der Waals surface area contributed by atoms with Crippen LogP contribution >= 0.6 is 0 Å². The fourth-order valence-corrected chi connectivity index (χ4v) is 4.58. The zero-order valence-electron chi connectivity index (χ0n) is 13.0. The molecule has 3 rings (SSSR count). The summed E-state index contributed by atoms with van der Waals surface area (Å²) in [5.41, 5.74) is 2.15. The molecule has 0 aliphatic heterocycles. The van der Waals surface area contributed by atoms with Crippen molar-refractivity contribution in [2.45, 2.75) is 58.7 Å². The summed E-state index contributed by atoms with van der Waals surface area (Å²) in [6, 6.07) is 0. The number of furan rings is 1. The quantitative estimate of drug-likeness (QED) is 0.896. The Kier molecular flexibility index (Phi) is 3.26. The summed E-state index contributed by atoms with van der Waals surface area (Å²) in [7, 11) is 0. The molecule has 1 aromatic rings. The molecule has 0 spiro atoms. The maximum Gasteiger partial charge on any atom is 0.0963 e. The normalized spacial score (nSPS) is 39.1. The molecule has 0 aromatic carbocycles. The lowest BCUT2D eigenvalue weighted by Crippen LogP contribution is -2.41. The molecule has 20 heavy (non-hydrogen) atoms. The van der Waals surface area contributed by atoms with Gasteiger partial charge in [0, 0.05) is 18.6 Å². The van der Waals surface area contributed by atoms with E-state index in [4.69, 9.17) is 9.15 Å². The summed E-state index contributed by atoms with van der Waals surface area (Å²) < 4.78 is 11.5. The first-order valence-corrected chi connectivity index (χ1v) is 7.73. The summed E-state index contributed by atoms with van der Waals surface area (Å²) in [6.07, 6.45) is 6.08. The van der Waals surface area contributed by atoms with E-state index in [1.807, 2.05) is 0 Å². The van der Waals surface area contributed by atoms with Crippen LogP contribution in [0, 0.1) is 17.3 Å². The molecule has 1 heterocycles. The molecule has 0 amide bonds. The van der Waals surface area contributed by atoms with E-state index in [0.717, 1.165) is 30.4 Å². The molecule has 3 nitrogen and oxygen atoms in total. The van der Waals surface area contributed by atoms with Gasteiger partial charge in [-0.1, -0.05) is 13.8 Å². The van der Waals surface area contributed by atoms with Crippen molar-refractivity contribution in [3.63, 3.8) is 0 Å². The Hall–Kier alpha value is -0.800. The van der Waals surface area contributed by atoms with Crippen molar-refractivity contribution in [1.29, 1.82) is 0 Å². The van der Waals surface area contributed by atoms with Gasteiger partial charge in [0.15, 0.2) is 0 Å². The second-order valence-electron chi connectivity index (χ2n) is 7.56. The summed E-state index contributed by atoms with van der Waals surface area (Å²) in [5, 5.41) is 10.8. The van der Waals surface area contributed by atoms with Crippen molar-refractivity contribution in [1.82, 2.24) is 0 Å². The van der Waals surface area contributed by atoms with Crippen LogP contribution in [0.2, 0.25) is 0 Å². The Bertz CT molecular complexity index is 490. The topological polar surface area (TPSA) is 42.6 Å². The molecule has 4 atom stereocenters. The van der Waals surface area contributed by atoms with Crippen molar-refractivity contribution in [3.05, 3.63) is 23.7 Å². The third-order valence-electron chi connectivity index (χ3n) is 5.38. The van der Waals surface area contributed by atoms with Crippen molar-refractivity contribution < 1.29 is 14.3 Å². The Balaban J connectivity index is 2.05. The van der Waals surface area contributed by atoms with Gasteiger partial charge in [0.05, 0.1) is 24.2 Å². The third kappa shape index (κ3) is 2.11. The monoisotopic (exact) mass is 278 g/mol. The number of rotatable bonds is 2. The maximum absolute atomic E-state index is 10.8. The third-order valence-corrected chi connectivity index (χ3v) is 5.38. The smallest absolute Gasteiger partial charge is 0.0963 e. The average molecular weight is 278 g/mol. The Morgan fingerprint density at radius 3 is 2.75 bits per heavy atom. The lowest BCUT2D eigenvalue weighted by molar-refractivity contribution is -0.0905. The van der Waals surface area contributed by atoms with Gasteiger partial charge in [0.25, 0.3) is 0 Å². The summed E-state index contributed by atoms with van der Waals surface area (Å²) in [4.78, 5) is 0. The van der Waals surface area contributed by atoms with Crippen LogP contribution in [-0.2, 0) is 11.2 Å². The molecule has 0 saturated heterocycles. The van der Waals surface area contributed by atoms with Gasteiger partial charge in [-0.2, -0.15) is 0 Å². The maximum atomic E-state index is 10.8. The first-order valence-electron chi connectivity index (χ1n) is 7.73. The van der Waals surface area contributed by atoms with Gasteiger partial charge in [-0.25, -0.2) is 0 Å². The van der Waals surface area contributed by atoms with Crippen molar-refractivity contribution in [2.75, 3.05) is 6.61 Å². The molecule has 1 aromatic heterocycles. The molecular formula is C17H26O3. The van der Waals surface area contributed by atoms with Crippen LogP contribution in [0.1, 0.15) is 57.8 Å². The zero-order chi connectivity index (χ0) is 14.5. The molecule has 0 radical (unpaired) electrons. The van der Waals surface area contributed by atoms with Crippen LogP contribution in [0.4, 0.5) is 0 Å². The van der Waals surface area contributed by atoms with Crippen molar-refractivity contribution in [3.8, 4) is 0 Å². The molecule has 2 aliphatic carbocycles. The molecule has 3 heteroatoms. The first-order chi connectivity index (χ1) is 9.36. The second kappa shape index (κ2) is 4.60. The van der Waals surface area contributed by atoms with Crippen molar-refractivity contribution in [2.24, 2.45) is 17.3 Å². The summed E-state index contributed by atoms with van der Waals surface area (Å²) in [5.74, 6) is 0.667. The Morgan fingerprint density at radius 1 is 1.30 bits per heavy atom. The average Bonchev–Trinajstić information content (AvgIpc) is 2.91. The van der Waals surface area contributed by atoms with E-state index in [0.29, 0.717) is 12.5 Å². The molecule has 112 valence electrons. The lowest BCUT2D eigenvalue weighted by atomic mass is 9.78. The largest absolute Gasteiger partial charge is 0.472 e. The van der Waals surface area contributed by atoms with E-state index in [2.05, 4.69) is 27.7 Å². The van der Waals surface area contributed by atoms with E-state index in [9.17, 15) is 5.11 Å². The number of hydrogen-bond donors (Lipinski definition) is 1. The minimum Gasteiger partial charge on any atom is -0.472 e. The van der Waals surface area contributed by atoms with Gasteiger partial charge in [0.1, 0.15) is 0 Å². The molecular weight excluding hydrogens is 252 g/mol. The fraction of sp³-hybridized carbons (Fsp3) is 0.765. The highest BCUT2D eigenvalue weighted by molar-refractivity contribution is 5.29. The van der Waals surface area contributed by atoms with Gasteiger partial charge in [-0.15, -0.1) is 0 Å². The highest BCUT2D eigenvalue weighted by Crippen LogP contribution is 2.57. The first kappa shape index (κ1) is 14.2. The molecule has 0 bridgehead atoms. The Labute approximate surface area is 121 Å². The van der Waals surface area contributed by atoms with E-state index in [1.165, 1.54) is 0 Å². The molecule has 2 aliphatic rings. The Morgan fingerprint density at radius 2 is 2.05 bits per heavy atom. The van der Waals surface area contributed by atoms with E-state index >= 15 is 0 Å². The van der Waals surface area contributed by atoms with Crippen LogP contribution in [0.25, 0.3) is 0 Å². The minimum atomic E-state index is -0.419. The SMILES string of the molecule is CCOC1(C)Cc2cocc2C(O)C2CC(C)(C)CC21. The summed E-state index contributed by atoms with van der Waals surface area (Å²) in [6.45, 7) is 9.58. The zero-order valence-corrected chi connectivity index (χ0v) is 13.0. The molecule has 1 saturated carbocycles. The standard InChI is InChI=1S/C17H26O3/c1-5-20-17(4)6-11-9-19-10-13(11)15(18)12-7-16(2,3)8-14(12)17/h9-10,12,14-15,18H,5-8H2,1-4H3. The fourth-order valence-electron chi connectivity index (χ4n) is 4.58. The van der Waals surface area contributed by atoms with Crippen molar-refractivity contribution >= 4 is 0 Å². The second-order valence-corrected chi connectivity index (χ2v) is 7.56. The van der Waals surface area contributed by atoms with Crippen LogP contribution in [-0.4, -0.2) is 17.3 Å². The predicted molar refractivity (Wildman–Crippen MR) is 77.4 cm³/mol. The van der Waals surface area contributed by atoms with Gasteiger partial charge in [0.2, 0.25) is 0 Å². The molecule has 4 unspecified atom stereocenters. The lowest BCUT2D eigenvalue weighted by Gasteiger charge is -2.38. The van der Waals surface area contributed by atoms with Gasteiger partial charge in [-0.3, -0.25) is 0 Å². The van der Waals surface area contributed by atoms with Gasteiger partial charge in [-0.05, 0) is 49.5 Å². The number of fused-ring (bicyclic) bond motifs is 2. The highest BCUT2D eigenvalue weighted by atomic mass is 16.5. The van der Waals surface area contributed by atoms with E-state index in [1.54, 1.807) is 12.5 Å². The minimum absolute atomic E-state index is 0.205. The highest BCUT2D eigenvalue weighted by Gasteiger charge is 2.53. The van der Waals surface area contributed by atoms with E-state index < -0.39 is 6.10 Å². The van der Waals surface area contributed by atoms with Crippen LogP contribution in [0.5, 0.6) is 0 Å². The number of ether oxygens (including phenoxy) is 1. The predicted octanol–water partition coefficient (Wildman–Crippen LogP) is 3.72. The molecule has 1 N–H and O–H groups in total. The number of aliphatic hydroxyl groups is 1.